The fraction of sp³-hybridized carbons (Fsp3) is 0.188. The minimum atomic E-state index is -0.309. The number of carbonyl (C=O) groups is 1. The van der Waals surface area contributed by atoms with Crippen LogP contribution in [0.15, 0.2) is 40.9 Å². The van der Waals surface area contributed by atoms with E-state index in [4.69, 9.17) is 0 Å². The Kier molecular flexibility index (Phi) is 3.59. The van der Waals surface area contributed by atoms with E-state index < -0.39 is 0 Å². The van der Waals surface area contributed by atoms with E-state index in [1.54, 1.807) is 24.3 Å². The molecule has 1 amide bonds. The van der Waals surface area contributed by atoms with Crippen LogP contribution in [0.1, 0.15) is 22.3 Å². The predicted molar refractivity (Wildman–Crippen MR) is 83.9 cm³/mol. The van der Waals surface area contributed by atoms with Crippen molar-refractivity contribution in [2.45, 2.75) is 12.8 Å². The number of halogens is 1. The smallest absolute Gasteiger partial charge is 0.262 e. The van der Waals surface area contributed by atoms with Gasteiger partial charge in [-0.25, -0.2) is 0 Å². The third kappa shape index (κ3) is 2.49. The molecule has 0 atom stereocenters. The van der Waals surface area contributed by atoms with Gasteiger partial charge in [-0.2, -0.15) is 0 Å². The van der Waals surface area contributed by atoms with E-state index in [1.165, 1.54) is 11.0 Å². The third-order valence-corrected chi connectivity index (χ3v) is 4.12. The Morgan fingerprint density at radius 2 is 1.95 bits per heavy atom. The molecule has 1 aliphatic heterocycles. The minimum absolute atomic E-state index is 0.0641. The summed E-state index contributed by atoms with van der Waals surface area (Å²) in [6, 6.07) is 10.0. The molecule has 0 saturated heterocycles. The van der Waals surface area contributed by atoms with E-state index in [1.807, 2.05) is 6.07 Å². The van der Waals surface area contributed by atoms with Crippen LogP contribution >= 0.6 is 15.9 Å². The van der Waals surface area contributed by atoms with Gasteiger partial charge in [0.15, 0.2) is 0 Å². The summed E-state index contributed by atoms with van der Waals surface area (Å²) in [6.07, 6.45) is 1.66. The van der Waals surface area contributed by atoms with Crippen LogP contribution in [0.5, 0.6) is 11.5 Å². The zero-order chi connectivity index (χ0) is 15.0. The van der Waals surface area contributed by atoms with E-state index in [2.05, 4.69) is 15.9 Å². The van der Waals surface area contributed by atoms with Crippen molar-refractivity contribution in [3.05, 3.63) is 52.0 Å². The van der Waals surface area contributed by atoms with E-state index in [-0.39, 0.29) is 23.0 Å². The van der Waals surface area contributed by atoms with Crippen molar-refractivity contribution in [1.82, 2.24) is 0 Å². The SMILES string of the molecule is O=C(c1cc(Br)ccc1O)N1CCCc2cccc(O)c21. The van der Waals surface area contributed by atoms with Crippen LogP contribution in [-0.2, 0) is 6.42 Å². The topological polar surface area (TPSA) is 60.8 Å². The van der Waals surface area contributed by atoms with Gasteiger partial charge in [0.1, 0.15) is 11.5 Å². The number of hydrogen-bond donors (Lipinski definition) is 2. The highest BCUT2D eigenvalue weighted by Crippen LogP contribution is 2.37. The van der Waals surface area contributed by atoms with Crippen LogP contribution < -0.4 is 4.90 Å². The molecule has 108 valence electrons. The van der Waals surface area contributed by atoms with Crippen molar-refractivity contribution in [2.24, 2.45) is 0 Å². The summed E-state index contributed by atoms with van der Waals surface area (Å²) in [6.45, 7) is 0.523. The molecule has 1 heterocycles. The molecule has 2 aromatic rings. The van der Waals surface area contributed by atoms with Gasteiger partial charge in [0, 0.05) is 11.0 Å². The molecule has 0 unspecified atom stereocenters. The average molecular weight is 348 g/mol. The lowest BCUT2D eigenvalue weighted by molar-refractivity contribution is 0.0981. The molecule has 0 spiro atoms. The molecule has 0 bridgehead atoms. The molecule has 0 fully saturated rings. The number of nitrogens with zero attached hydrogens (tertiary/aromatic N) is 1. The highest BCUT2D eigenvalue weighted by atomic mass is 79.9. The first-order valence-electron chi connectivity index (χ1n) is 6.69. The molecule has 21 heavy (non-hydrogen) atoms. The summed E-state index contributed by atoms with van der Waals surface area (Å²) in [5.74, 6) is -0.281. The maximum Gasteiger partial charge on any atom is 0.262 e. The summed E-state index contributed by atoms with van der Waals surface area (Å²) in [4.78, 5) is 14.3. The number of benzene rings is 2. The van der Waals surface area contributed by atoms with Crippen LogP contribution in [0.25, 0.3) is 0 Å². The number of fused-ring (bicyclic) bond motifs is 1. The standard InChI is InChI=1S/C16H14BrNO3/c17-11-6-7-13(19)12(9-11)16(21)18-8-2-4-10-3-1-5-14(20)15(10)18/h1,3,5-7,9,19-20H,2,4,8H2. The maximum atomic E-state index is 12.7. The summed E-state index contributed by atoms with van der Waals surface area (Å²) in [5, 5.41) is 20.0. The van der Waals surface area contributed by atoms with E-state index in [0.717, 1.165) is 22.9 Å². The molecule has 5 heteroatoms. The van der Waals surface area contributed by atoms with Crippen LogP contribution in [0.2, 0.25) is 0 Å². The number of phenols is 2. The molecule has 0 aliphatic carbocycles. The van der Waals surface area contributed by atoms with Gasteiger partial charge in [0.05, 0.1) is 11.3 Å². The second-order valence-electron chi connectivity index (χ2n) is 5.01. The largest absolute Gasteiger partial charge is 0.507 e. The molecule has 0 aromatic heterocycles. The van der Waals surface area contributed by atoms with Gasteiger partial charge in [-0.05, 0) is 42.7 Å². The van der Waals surface area contributed by atoms with E-state index in [9.17, 15) is 15.0 Å². The number of anilines is 1. The Morgan fingerprint density at radius 1 is 1.14 bits per heavy atom. The van der Waals surface area contributed by atoms with Gasteiger partial charge in [0.25, 0.3) is 5.91 Å². The van der Waals surface area contributed by atoms with Crippen LogP contribution in [0.4, 0.5) is 5.69 Å². The summed E-state index contributed by atoms with van der Waals surface area (Å²) in [5.41, 5.74) is 1.72. The van der Waals surface area contributed by atoms with Crippen molar-refractivity contribution in [2.75, 3.05) is 11.4 Å². The number of para-hydroxylation sites is 1. The molecule has 4 nitrogen and oxygen atoms in total. The molecule has 1 aliphatic rings. The number of aryl methyl sites for hydroxylation is 1. The van der Waals surface area contributed by atoms with Crippen molar-refractivity contribution >= 4 is 27.5 Å². The first-order chi connectivity index (χ1) is 10.1. The Morgan fingerprint density at radius 3 is 2.76 bits per heavy atom. The zero-order valence-corrected chi connectivity index (χ0v) is 12.8. The molecule has 0 radical (unpaired) electrons. The predicted octanol–water partition coefficient (Wildman–Crippen LogP) is 3.45. The van der Waals surface area contributed by atoms with Gasteiger partial charge in [-0.15, -0.1) is 0 Å². The van der Waals surface area contributed by atoms with Gasteiger partial charge in [-0.1, -0.05) is 28.1 Å². The highest BCUT2D eigenvalue weighted by molar-refractivity contribution is 9.10. The zero-order valence-electron chi connectivity index (χ0n) is 11.2. The monoisotopic (exact) mass is 347 g/mol. The number of aromatic hydroxyl groups is 2. The number of rotatable bonds is 1. The Labute approximate surface area is 130 Å². The fourth-order valence-corrected chi connectivity index (χ4v) is 3.02. The molecule has 2 aromatic carbocycles. The summed E-state index contributed by atoms with van der Waals surface area (Å²) >= 11 is 3.30. The fourth-order valence-electron chi connectivity index (χ4n) is 2.66. The Hall–Kier alpha value is -2.01. The van der Waals surface area contributed by atoms with Crippen LogP contribution in [-0.4, -0.2) is 22.7 Å². The maximum absolute atomic E-state index is 12.7. The molecule has 0 saturated carbocycles. The Balaban J connectivity index is 2.06. The summed E-state index contributed by atoms with van der Waals surface area (Å²) < 4.78 is 0.721. The second kappa shape index (κ2) is 5.41. The van der Waals surface area contributed by atoms with Crippen molar-refractivity contribution in [3.63, 3.8) is 0 Å². The average Bonchev–Trinajstić information content (AvgIpc) is 2.49. The highest BCUT2D eigenvalue weighted by Gasteiger charge is 2.27. The van der Waals surface area contributed by atoms with Gasteiger partial charge in [-0.3, -0.25) is 4.79 Å². The number of phenolic OH excluding ortho intramolecular Hbond substituents is 2. The van der Waals surface area contributed by atoms with Crippen molar-refractivity contribution in [1.29, 1.82) is 0 Å². The lowest BCUT2D eigenvalue weighted by atomic mass is 10.00. The quantitative estimate of drug-likeness (QED) is 0.830. The number of hydrogen-bond acceptors (Lipinski definition) is 3. The number of carbonyl (C=O) groups excluding carboxylic acids is 1. The lowest BCUT2D eigenvalue weighted by Crippen LogP contribution is -2.35. The molecule has 2 N–H and O–H groups in total. The van der Waals surface area contributed by atoms with Crippen LogP contribution in [0.3, 0.4) is 0 Å². The lowest BCUT2D eigenvalue weighted by Gasteiger charge is -2.30. The first kappa shape index (κ1) is 13.9. The van der Waals surface area contributed by atoms with Crippen LogP contribution in [0, 0.1) is 0 Å². The van der Waals surface area contributed by atoms with Gasteiger partial charge >= 0.3 is 0 Å². The van der Waals surface area contributed by atoms with Crippen molar-refractivity contribution < 1.29 is 15.0 Å². The van der Waals surface area contributed by atoms with Gasteiger partial charge in [0.2, 0.25) is 0 Å². The normalized spacial score (nSPS) is 13.9. The molecule has 3 rings (SSSR count). The van der Waals surface area contributed by atoms with E-state index in [0.29, 0.717) is 12.2 Å². The molecular formula is C16H14BrNO3. The van der Waals surface area contributed by atoms with E-state index >= 15 is 0 Å². The third-order valence-electron chi connectivity index (χ3n) is 3.63. The first-order valence-corrected chi connectivity index (χ1v) is 7.48. The minimum Gasteiger partial charge on any atom is -0.507 e. The molecular weight excluding hydrogens is 334 g/mol. The summed E-state index contributed by atoms with van der Waals surface area (Å²) in [7, 11) is 0. The second-order valence-corrected chi connectivity index (χ2v) is 5.92. The Bertz CT molecular complexity index is 715. The van der Waals surface area contributed by atoms with Gasteiger partial charge < -0.3 is 15.1 Å². The number of amides is 1. The van der Waals surface area contributed by atoms with Crippen molar-refractivity contribution in [3.8, 4) is 11.5 Å².